The molecule has 0 bridgehead atoms. The lowest BCUT2D eigenvalue weighted by Crippen LogP contribution is -2.40. The van der Waals surface area contributed by atoms with E-state index in [-0.39, 0.29) is 0 Å². The molecule has 5 heteroatoms. The fraction of sp³-hybridized carbons (Fsp3) is 0.429. The summed E-state index contributed by atoms with van der Waals surface area (Å²) in [5, 5.41) is 8.54. The van der Waals surface area contributed by atoms with Crippen molar-refractivity contribution in [2.24, 2.45) is 5.73 Å². The van der Waals surface area contributed by atoms with Crippen LogP contribution in [0.15, 0.2) is 30.3 Å². The Morgan fingerprint density at radius 3 is 2.26 bits per heavy atom. The van der Waals surface area contributed by atoms with Crippen LogP contribution in [0.2, 0.25) is 0 Å². The van der Waals surface area contributed by atoms with Gasteiger partial charge in [0, 0.05) is 0 Å². The molecule has 104 valence electrons. The average molecular weight is 281 g/mol. The van der Waals surface area contributed by atoms with Crippen LogP contribution >= 0.6 is 11.8 Å². The van der Waals surface area contributed by atoms with Gasteiger partial charge in [-0.05, 0) is 18.4 Å². The molecule has 0 unspecified atom stereocenters. The normalized spacial score (nSPS) is 15.5. The summed E-state index contributed by atoms with van der Waals surface area (Å²) in [5.74, 6) is -1.41. The fourth-order valence-corrected chi connectivity index (χ4v) is 3.30. The number of aliphatic carboxylic acids is 1. The average Bonchev–Trinajstić information content (AvgIpc) is 2.40. The third-order valence-corrected chi connectivity index (χ3v) is 5.07. The Morgan fingerprint density at radius 1 is 1.32 bits per heavy atom. The zero-order chi connectivity index (χ0) is 14.5. The number of carboxylic acids is 1. The van der Waals surface area contributed by atoms with E-state index in [1.165, 1.54) is 0 Å². The lowest BCUT2D eigenvalue weighted by molar-refractivity contribution is -0.136. The van der Waals surface area contributed by atoms with Crippen molar-refractivity contribution in [2.45, 2.75) is 36.7 Å². The van der Waals surface area contributed by atoms with Crippen LogP contribution in [0, 0.1) is 0 Å². The zero-order valence-corrected chi connectivity index (χ0v) is 11.9. The molecule has 1 amide bonds. The van der Waals surface area contributed by atoms with Gasteiger partial charge >= 0.3 is 5.97 Å². The van der Waals surface area contributed by atoms with Gasteiger partial charge in [-0.2, -0.15) is 0 Å². The number of carboxylic acid groups (broad SMARTS) is 1. The molecule has 3 N–H and O–H groups in total. The zero-order valence-electron chi connectivity index (χ0n) is 11.1. The van der Waals surface area contributed by atoms with E-state index < -0.39 is 21.9 Å². The van der Waals surface area contributed by atoms with Crippen LogP contribution in [0.4, 0.5) is 0 Å². The molecule has 0 spiro atoms. The summed E-state index contributed by atoms with van der Waals surface area (Å²) in [7, 11) is 0. The summed E-state index contributed by atoms with van der Waals surface area (Å²) in [5.41, 5.74) is 6.32. The standard InChI is InChI=1S/C14H19NO3S/c1-3-11(12(16)17)19-14(4-2,13(15)18)10-8-6-5-7-9-10/h5-9,11H,3-4H2,1-2H3,(H2,15,18)(H,16,17)/t11-,14+/m1/s1. The molecule has 0 aliphatic heterocycles. The van der Waals surface area contributed by atoms with Gasteiger partial charge in [-0.3, -0.25) is 9.59 Å². The van der Waals surface area contributed by atoms with Crippen LogP contribution in [0.3, 0.4) is 0 Å². The maximum atomic E-state index is 11.9. The maximum Gasteiger partial charge on any atom is 0.316 e. The van der Waals surface area contributed by atoms with Crippen molar-refractivity contribution in [3.63, 3.8) is 0 Å². The van der Waals surface area contributed by atoms with Crippen LogP contribution in [-0.4, -0.2) is 22.2 Å². The number of hydrogen-bond acceptors (Lipinski definition) is 3. The summed E-state index contributed by atoms with van der Waals surface area (Å²) < 4.78 is -0.986. The molecule has 1 aromatic carbocycles. The predicted octanol–water partition coefficient (Wildman–Crippen LogP) is 2.37. The van der Waals surface area contributed by atoms with Crippen molar-refractivity contribution in [1.29, 1.82) is 0 Å². The molecule has 0 aliphatic rings. The van der Waals surface area contributed by atoms with Crippen molar-refractivity contribution in [2.75, 3.05) is 0 Å². The smallest absolute Gasteiger partial charge is 0.316 e. The first-order valence-corrected chi connectivity index (χ1v) is 7.12. The predicted molar refractivity (Wildman–Crippen MR) is 76.9 cm³/mol. The van der Waals surface area contributed by atoms with E-state index in [0.717, 1.165) is 17.3 Å². The number of carbonyl (C=O) groups is 2. The van der Waals surface area contributed by atoms with Crippen molar-refractivity contribution >= 4 is 23.6 Å². The molecule has 0 aliphatic carbocycles. The van der Waals surface area contributed by atoms with E-state index in [4.69, 9.17) is 5.73 Å². The maximum absolute atomic E-state index is 11.9. The van der Waals surface area contributed by atoms with Gasteiger partial charge < -0.3 is 10.8 Å². The number of amides is 1. The van der Waals surface area contributed by atoms with Crippen LogP contribution in [0.1, 0.15) is 32.3 Å². The van der Waals surface area contributed by atoms with Crippen LogP contribution < -0.4 is 5.73 Å². The summed E-state index contributed by atoms with van der Waals surface area (Å²) in [6.45, 7) is 3.64. The molecule has 0 radical (unpaired) electrons. The summed E-state index contributed by atoms with van der Waals surface area (Å²) in [6, 6.07) is 9.13. The van der Waals surface area contributed by atoms with E-state index in [2.05, 4.69) is 0 Å². The van der Waals surface area contributed by atoms with Crippen molar-refractivity contribution < 1.29 is 14.7 Å². The summed E-state index contributed by atoms with van der Waals surface area (Å²) in [6.07, 6.45) is 0.905. The first-order valence-electron chi connectivity index (χ1n) is 6.24. The number of thioether (sulfide) groups is 1. The molecule has 2 atom stereocenters. The molecule has 0 fully saturated rings. The fourth-order valence-electron chi connectivity index (χ4n) is 1.99. The Labute approximate surface area is 117 Å². The number of benzene rings is 1. The Balaban J connectivity index is 3.21. The van der Waals surface area contributed by atoms with Gasteiger partial charge in [0.25, 0.3) is 0 Å². The van der Waals surface area contributed by atoms with Gasteiger partial charge in [-0.1, -0.05) is 44.2 Å². The quantitative estimate of drug-likeness (QED) is 0.804. The highest BCUT2D eigenvalue weighted by atomic mass is 32.2. The van der Waals surface area contributed by atoms with E-state index in [1.54, 1.807) is 6.92 Å². The van der Waals surface area contributed by atoms with Gasteiger partial charge in [0.2, 0.25) is 5.91 Å². The number of rotatable bonds is 7. The Morgan fingerprint density at radius 2 is 1.89 bits per heavy atom. The first-order chi connectivity index (χ1) is 8.97. The monoisotopic (exact) mass is 281 g/mol. The Hall–Kier alpha value is -1.49. The molecule has 1 aromatic rings. The van der Waals surface area contributed by atoms with Crippen molar-refractivity contribution in [3.05, 3.63) is 35.9 Å². The van der Waals surface area contributed by atoms with Gasteiger partial charge in [-0.25, -0.2) is 0 Å². The third kappa shape index (κ3) is 3.29. The minimum absolute atomic E-state index is 0.446. The van der Waals surface area contributed by atoms with E-state index >= 15 is 0 Å². The molecule has 19 heavy (non-hydrogen) atoms. The second kappa shape index (κ2) is 6.61. The van der Waals surface area contributed by atoms with E-state index in [1.807, 2.05) is 37.3 Å². The molecule has 1 rings (SSSR count). The molecule has 0 saturated heterocycles. The first kappa shape index (κ1) is 15.6. The minimum atomic E-state index is -0.986. The van der Waals surface area contributed by atoms with E-state index in [0.29, 0.717) is 12.8 Å². The highest BCUT2D eigenvalue weighted by Gasteiger charge is 2.41. The summed E-state index contributed by atoms with van der Waals surface area (Å²) in [4.78, 5) is 23.1. The lowest BCUT2D eigenvalue weighted by Gasteiger charge is -2.31. The lowest BCUT2D eigenvalue weighted by atomic mass is 9.95. The van der Waals surface area contributed by atoms with Crippen molar-refractivity contribution in [3.8, 4) is 0 Å². The molecule has 0 heterocycles. The number of hydrogen-bond donors (Lipinski definition) is 2. The van der Waals surface area contributed by atoms with Gasteiger partial charge in [-0.15, -0.1) is 11.8 Å². The minimum Gasteiger partial charge on any atom is -0.480 e. The van der Waals surface area contributed by atoms with Gasteiger partial charge in [0.05, 0.1) is 0 Å². The van der Waals surface area contributed by atoms with Crippen LogP contribution in [0.25, 0.3) is 0 Å². The Bertz CT molecular complexity index is 449. The molecular formula is C14H19NO3S. The van der Waals surface area contributed by atoms with Crippen molar-refractivity contribution in [1.82, 2.24) is 0 Å². The summed E-state index contributed by atoms with van der Waals surface area (Å²) >= 11 is 1.13. The number of primary amides is 1. The Kier molecular flexibility index (Phi) is 5.42. The molecule has 0 saturated carbocycles. The second-order valence-corrected chi connectivity index (χ2v) is 5.77. The van der Waals surface area contributed by atoms with Gasteiger partial charge in [0.15, 0.2) is 0 Å². The number of nitrogens with two attached hydrogens (primary N) is 1. The highest BCUT2D eigenvalue weighted by molar-refractivity contribution is 8.02. The number of carbonyl (C=O) groups excluding carboxylic acids is 1. The highest BCUT2D eigenvalue weighted by Crippen LogP contribution is 2.42. The second-order valence-electron chi connectivity index (χ2n) is 4.26. The molecular weight excluding hydrogens is 262 g/mol. The van der Waals surface area contributed by atoms with Crippen LogP contribution in [0.5, 0.6) is 0 Å². The van der Waals surface area contributed by atoms with E-state index in [9.17, 15) is 14.7 Å². The van der Waals surface area contributed by atoms with Crippen LogP contribution in [-0.2, 0) is 14.3 Å². The SMILES string of the molecule is CC[C@@H](S[C@](CC)(C(N)=O)c1ccccc1)C(=O)O. The third-order valence-electron chi connectivity index (χ3n) is 3.13. The molecule has 4 nitrogen and oxygen atoms in total. The van der Waals surface area contributed by atoms with Gasteiger partial charge in [0.1, 0.15) is 10.00 Å². The largest absolute Gasteiger partial charge is 0.480 e. The molecule has 0 aromatic heterocycles. The topological polar surface area (TPSA) is 80.4 Å².